The standard InChI is InChI=1S/C22H23BO3.C2H6/c1-3-5-14-25-23(24-4-2)19-15-16-10-6-7-11-17(16)21-18-12-8-9-13-20(18)26-22(19)21;1-2/h6-13,15H,3-5,14H2,1-2H3;1-2H3. The fraction of sp³-hybridized carbons (Fsp3) is 0.333. The van der Waals surface area contributed by atoms with Crippen molar-refractivity contribution in [3.8, 4) is 0 Å². The summed E-state index contributed by atoms with van der Waals surface area (Å²) in [4.78, 5) is 0. The lowest BCUT2D eigenvalue weighted by Gasteiger charge is -2.15. The first-order chi connectivity index (χ1) is 13.8. The van der Waals surface area contributed by atoms with Gasteiger partial charge in [0.25, 0.3) is 0 Å². The minimum Gasteiger partial charge on any atom is -0.456 e. The zero-order chi connectivity index (χ0) is 19.9. The minimum absolute atomic E-state index is 0.417. The van der Waals surface area contributed by atoms with E-state index in [9.17, 15) is 0 Å². The Kier molecular flexibility index (Phi) is 7.13. The largest absolute Gasteiger partial charge is 0.497 e. The highest BCUT2D eigenvalue weighted by Crippen LogP contribution is 2.33. The molecule has 0 aliphatic rings. The molecule has 28 heavy (non-hydrogen) atoms. The Balaban J connectivity index is 0.00000109. The van der Waals surface area contributed by atoms with E-state index in [4.69, 9.17) is 13.7 Å². The topological polar surface area (TPSA) is 31.6 Å². The van der Waals surface area contributed by atoms with Crippen LogP contribution in [0.25, 0.3) is 32.7 Å². The average molecular weight is 376 g/mol. The summed E-state index contributed by atoms with van der Waals surface area (Å²) in [5.74, 6) is 0. The monoisotopic (exact) mass is 376 g/mol. The molecule has 0 spiro atoms. The highest BCUT2D eigenvalue weighted by atomic mass is 16.6. The molecule has 4 heteroatoms. The molecule has 0 atom stereocenters. The maximum atomic E-state index is 6.27. The van der Waals surface area contributed by atoms with Gasteiger partial charge in [0, 0.05) is 29.4 Å². The minimum atomic E-state index is -0.417. The molecule has 0 amide bonds. The quantitative estimate of drug-likeness (QED) is 0.280. The lowest BCUT2D eigenvalue weighted by Crippen LogP contribution is -2.37. The molecule has 0 unspecified atom stereocenters. The Hall–Kier alpha value is -2.30. The number of benzene rings is 3. The molecule has 0 aliphatic heterocycles. The molecule has 0 saturated heterocycles. The van der Waals surface area contributed by atoms with Crippen LogP contribution in [0.4, 0.5) is 0 Å². The van der Waals surface area contributed by atoms with Crippen LogP contribution in [0.3, 0.4) is 0 Å². The smallest absolute Gasteiger partial charge is 0.456 e. The number of hydrogen-bond acceptors (Lipinski definition) is 3. The second-order valence-electron chi connectivity index (χ2n) is 6.50. The Morgan fingerprint density at radius 2 is 1.61 bits per heavy atom. The fourth-order valence-electron chi connectivity index (χ4n) is 3.49. The van der Waals surface area contributed by atoms with Gasteiger partial charge < -0.3 is 13.7 Å². The van der Waals surface area contributed by atoms with Crippen molar-refractivity contribution in [2.24, 2.45) is 0 Å². The first kappa shape index (κ1) is 20.4. The van der Waals surface area contributed by atoms with Crippen molar-refractivity contribution >= 4 is 45.3 Å². The Labute approximate surface area is 167 Å². The predicted octanol–water partition coefficient (Wildman–Crippen LogP) is 6.31. The van der Waals surface area contributed by atoms with Crippen LogP contribution in [-0.2, 0) is 9.31 Å². The Morgan fingerprint density at radius 3 is 2.36 bits per heavy atom. The van der Waals surface area contributed by atoms with Crippen molar-refractivity contribution in [2.75, 3.05) is 13.2 Å². The molecule has 0 saturated carbocycles. The van der Waals surface area contributed by atoms with E-state index in [1.54, 1.807) is 0 Å². The first-order valence-electron chi connectivity index (χ1n) is 10.4. The molecule has 3 aromatic carbocycles. The number of unbranched alkanes of at least 4 members (excludes halogenated alkanes) is 1. The van der Waals surface area contributed by atoms with Crippen molar-refractivity contribution in [1.29, 1.82) is 0 Å². The van der Waals surface area contributed by atoms with E-state index < -0.39 is 7.12 Å². The van der Waals surface area contributed by atoms with Gasteiger partial charge in [0.1, 0.15) is 11.2 Å². The van der Waals surface area contributed by atoms with Crippen LogP contribution in [0.1, 0.15) is 40.5 Å². The molecule has 1 heterocycles. The normalized spacial score (nSPS) is 11.0. The van der Waals surface area contributed by atoms with Gasteiger partial charge >= 0.3 is 7.12 Å². The van der Waals surface area contributed by atoms with Crippen molar-refractivity contribution < 1.29 is 13.7 Å². The third-order valence-corrected chi connectivity index (χ3v) is 4.74. The molecular weight excluding hydrogens is 347 g/mol. The Morgan fingerprint density at radius 1 is 0.893 bits per heavy atom. The van der Waals surface area contributed by atoms with Crippen LogP contribution in [0, 0.1) is 0 Å². The second-order valence-corrected chi connectivity index (χ2v) is 6.50. The summed E-state index contributed by atoms with van der Waals surface area (Å²) in [5, 5.41) is 4.63. The van der Waals surface area contributed by atoms with Crippen LogP contribution in [0.15, 0.2) is 59.0 Å². The molecule has 1 aromatic heterocycles. The SMILES string of the molecule is CC.CCCCOB(OCC)c1cc2ccccc2c2c1oc1ccccc12. The third-order valence-electron chi connectivity index (χ3n) is 4.74. The van der Waals surface area contributed by atoms with Gasteiger partial charge in [-0.05, 0) is 30.2 Å². The first-order valence-corrected chi connectivity index (χ1v) is 10.4. The van der Waals surface area contributed by atoms with Crippen molar-refractivity contribution in [3.63, 3.8) is 0 Å². The number of para-hydroxylation sites is 1. The zero-order valence-corrected chi connectivity index (χ0v) is 17.3. The van der Waals surface area contributed by atoms with Crippen LogP contribution < -0.4 is 5.46 Å². The Bertz CT molecular complexity index is 1040. The summed E-state index contributed by atoms with van der Waals surface area (Å²) in [6.07, 6.45) is 2.11. The summed E-state index contributed by atoms with van der Waals surface area (Å²) in [6.45, 7) is 9.42. The van der Waals surface area contributed by atoms with Gasteiger partial charge in [-0.3, -0.25) is 0 Å². The van der Waals surface area contributed by atoms with E-state index in [0.29, 0.717) is 13.2 Å². The van der Waals surface area contributed by atoms with Gasteiger partial charge in [-0.2, -0.15) is 0 Å². The highest BCUT2D eigenvalue weighted by molar-refractivity contribution is 6.65. The van der Waals surface area contributed by atoms with E-state index in [0.717, 1.165) is 40.2 Å². The van der Waals surface area contributed by atoms with Crippen LogP contribution in [0.5, 0.6) is 0 Å². The lowest BCUT2D eigenvalue weighted by atomic mass is 9.76. The summed E-state index contributed by atoms with van der Waals surface area (Å²) < 4.78 is 18.3. The van der Waals surface area contributed by atoms with Crippen LogP contribution in [0.2, 0.25) is 0 Å². The molecule has 146 valence electrons. The average Bonchev–Trinajstić information content (AvgIpc) is 3.14. The van der Waals surface area contributed by atoms with Gasteiger partial charge in [-0.15, -0.1) is 0 Å². The van der Waals surface area contributed by atoms with E-state index in [2.05, 4.69) is 49.4 Å². The lowest BCUT2D eigenvalue weighted by molar-refractivity contribution is 0.213. The summed E-state index contributed by atoms with van der Waals surface area (Å²) in [6, 6.07) is 18.8. The van der Waals surface area contributed by atoms with Gasteiger partial charge in [0.15, 0.2) is 0 Å². The van der Waals surface area contributed by atoms with Crippen LogP contribution in [-0.4, -0.2) is 20.3 Å². The van der Waals surface area contributed by atoms with E-state index in [-0.39, 0.29) is 0 Å². The fourth-order valence-corrected chi connectivity index (χ4v) is 3.49. The number of rotatable bonds is 7. The predicted molar refractivity (Wildman–Crippen MR) is 120 cm³/mol. The molecule has 0 aliphatic carbocycles. The van der Waals surface area contributed by atoms with E-state index in [1.165, 1.54) is 10.8 Å². The molecule has 0 radical (unpaired) electrons. The van der Waals surface area contributed by atoms with Gasteiger partial charge in [-0.1, -0.05) is 75.7 Å². The van der Waals surface area contributed by atoms with Crippen molar-refractivity contribution in [2.45, 2.75) is 40.5 Å². The van der Waals surface area contributed by atoms with Crippen LogP contribution >= 0.6 is 0 Å². The zero-order valence-electron chi connectivity index (χ0n) is 17.3. The number of hydrogen-bond donors (Lipinski definition) is 0. The number of furan rings is 1. The van der Waals surface area contributed by atoms with Gasteiger partial charge in [0.2, 0.25) is 0 Å². The molecule has 0 bridgehead atoms. The van der Waals surface area contributed by atoms with Gasteiger partial charge in [-0.25, -0.2) is 0 Å². The van der Waals surface area contributed by atoms with E-state index in [1.807, 2.05) is 32.9 Å². The second kappa shape index (κ2) is 9.76. The molecular formula is C24H29BO3. The summed E-state index contributed by atoms with van der Waals surface area (Å²) >= 11 is 0. The van der Waals surface area contributed by atoms with Crippen molar-refractivity contribution in [1.82, 2.24) is 0 Å². The highest BCUT2D eigenvalue weighted by Gasteiger charge is 2.27. The summed E-state index contributed by atoms with van der Waals surface area (Å²) in [7, 11) is -0.417. The van der Waals surface area contributed by atoms with Gasteiger partial charge in [0.05, 0.1) is 0 Å². The molecule has 3 nitrogen and oxygen atoms in total. The maximum absolute atomic E-state index is 6.27. The summed E-state index contributed by atoms with van der Waals surface area (Å²) in [5.41, 5.74) is 2.72. The molecule has 0 N–H and O–H groups in total. The molecule has 4 aromatic rings. The number of fused-ring (bicyclic) bond motifs is 5. The third kappa shape index (κ3) is 3.94. The maximum Gasteiger partial charge on any atom is 0.497 e. The van der Waals surface area contributed by atoms with Crippen molar-refractivity contribution in [3.05, 3.63) is 54.6 Å². The molecule has 4 rings (SSSR count). The van der Waals surface area contributed by atoms with E-state index >= 15 is 0 Å². The molecule has 0 fully saturated rings.